The zero-order valence-corrected chi connectivity index (χ0v) is 11.8. The van der Waals surface area contributed by atoms with E-state index < -0.39 is 17.6 Å². The number of nitrogens with one attached hydrogen (secondary N) is 1. The summed E-state index contributed by atoms with van der Waals surface area (Å²) in [7, 11) is 0. The maximum absolute atomic E-state index is 11.8. The largest absolute Gasteiger partial charge is 0.388 e. The first kappa shape index (κ1) is 15.9. The fraction of sp³-hybridized carbons (Fsp3) is 0.846. The van der Waals surface area contributed by atoms with Gasteiger partial charge in [-0.15, -0.1) is 0 Å². The number of β-amino-alcohol motifs (C(OH)–C–C–N with tert-alkyl or cyclic N) is 2. The maximum atomic E-state index is 11.8. The zero-order chi connectivity index (χ0) is 14.6. The first-order valence-corrected chi connectivity index (χ1v) is 6.64. The summed E-state index contributed by atoms with van der Waals surface area (Å²) in [5.74, 6) is -0.132. The summed E-state index contributed by atoms with van der Waals surface area (Å²) in [6.45, 7) is 6.34. The molecule has 1 heterocycles. The SMILES string of the molecule is CC(C)(C)C(=O)NCCCC(=O)N1CC(O)C(O)C1. The van der Waals surface area contributed by atoms with E-state index in [1.54, 1.807) is 0 Å². The molecule has 1 saturated heterocycles. The van der Waals surface area contributed by atoms with Gasteiger partial charge in [0.1, 0.15) is 0 Å². The van der Waals surface area contributed by atoms with Gasteiger partial charge in [0, 0.05) is 31.5 Å². The van der Waals surface area contributed by atoms with Gasteiger partial charge in [-0.2, -0.15) is 0 Å². The van der Waals surface area contributed by atoms with Gasteiger partial charge in [-0.05, 0) is 6.42 Å². The molecule has 2 amide bonds. The number of carbonyl (C=O) groups excluding carboxylic acids is 2. The predicted molar refractivity (Wildman–Crippen MR) is 70.3 cm³/mol. The van der Waals surface area contributed by atoms with Crippen molar-refractivity contribution in [2.75, 3.05) is 19.6 Å². The monoisotopic (exact) mass is 272 g/mol. The maximum Gasteiger partial charge on any atom is 0.225 e. The minimum Gasteiger partial charge on any atom is -0.388 e. The van der Waals surface area contributed by atoms with Crippen LogP contribution in [-0.2, 0) is 9.59 Å². The quantitative estimate of drug-likeness (QED) is 0.601. The van der Waals surface area contributed by atoms with Crippen LogP contribution in [-0.4, -0.2) is 58.8 Å². The Kier molecular flexibility index (Phi) is 5.31. The Morgan fingerprint density at radius 2 is 1.74 bits per heavy atom. The summed E-state index contributed by atoms with van der Waals surface area (Å²) >= 11 is 0. The summed E-state index contributed by atoms with van der Waals surface area (Å²) in [6, 6.07) is 0. The van der Waals surface area contributed by atoms with Crippen LogP contribution >= 0.6 is 0 Å². The molecule has 0 radical (unpaired) electrons. The molecule has 0 aromatic rings. The van der Waals surface area contributed by atoms with Gasteiger partial charge < -0.3 is 20.4 Å². The van der Waals surface area contributed by atoms with Gasteiger partial charge in [-0.3, -0.25) is 9.59 Å². The number of amides is 2. The number of aliphatic hydroxyl groups excluding tert-OH is 2. The summed E-state index contributed by atoms with van der Waals surface area (Å²) in [5.41, 5.74) is -0.423. The Morgan fingerprint density at radius 3 is 2.21 bits per heavy atom. The highest BCUT2D eigenvalue weighted by Gasteiger charge is 2.32. The molecule has 6 heteroatoms. The number of hydrogen-bond donors (Lipinski definition) is 3. The fourth-order valence-electron chi connectivity index (χ4n) is 1.84. The Labute approximate surface area is 113 Å². The Balaban J connectivity index is 2.20. The van der Waals surface area contributed by atoms with Crippen LogP contribution in [0.4, 0.5) is 0 Å². The van der Waals surface area contributed by atoms with Gasteiger partial charge in [0.05, 0.1) is 12.2 Å². The van der Waals surface area contributed by atoms with E-state index in [0.29, 0.717) is 19.4 Å². The van der Waals surface area contributed by atoms with Crippen molar-refractivity contribution < 1.29 is 19.8 Å². The van der Waals surface area contributed by atoms with E-state index in [-0.39, 0.29) is 24.9 Å². The average Bonchev–Trinajstić information content (AvgIpc) is 2.63. The van der Waals surface area contributed by atoms with Crippen LogP contribution < -0.4 is 5.32 Å². The average molecular weight is 272 g/mol. The zero-order valence-electron chi connectivity index (χ0n) is 11.8. The molecular weight excluding hydrogens is 248 g/mol. The van der Waals surface area contributed by atoms with Gasteiger partial charge in [0.2, 0.25) is 11.8 Å². The van der Waals surface area contributed by atoms with Crippen molar-refractivity contribution >= 4 is 11.8 Å². The van der Waals surface area contributed by atoms with Gasteiger partial charge in [-0.1, -0.05) is 20.8 Å². The fourth-order valence-corrected chi connectivity index (χ4v) is 1.84. The second-order valence-corrected chi connectivity index (χ2v) is 6.04. The second-order valence-electron chi connectivity index (χ2n) is 6.04. The lowest BCUT2D eigenvalue weighted by Gasteiger charge is -2.18. The molecule has 1 aliphatic rings. The topological polar surface area (TPSA) is 89.9 Å². The Bertz CT molecular complexity index is 328. The minimum atomic E-state index is -0.843. The van der Waals surface area contributed by atoms with Gasteiger partial charge in [0.15, 0.2) is 0 Å². The highest BCUT2D eigenvalue weighted by Crippen LogP contribution is 2.13. The highest BCUT2D eigenvalue weighted by molar-refractivity contribution is 5.81. The third-order valence-electron chi connectivity index (χ3n) is 3.15. The van der Waals surface area contributed by atoms with Crippen molar-refractivity contribution in [3.63, 3.8) is 0 Å². The van der Waals surface area contributed by atoms with Crippen molar-refractivity contribution in [2.45, 2.75) is 45.8 Å². The molecule has 3 N–H and O–H groups in total. The smallest absolute Gasteiger partial charge is 0.225 e. The molecule has 6 nitrogen and oxygen atoms in total. The molecule has 1 aliphatic heterocycles. The first-order chi connectivity index (χ1) is 8.71. The van der Waals surface area contributed by atoms with E-state index in [4.69, 9.17) is 0 Å². The van der Waals surface area contributed by atoms with Crippen LogP contribution in [0.1, 0.15) is 33.6 Å². The van der Waals surface area contributed by atoms with Crippen LogP contribution in [0.3, 0.4) is 0 Å². The lowest BCUT2D eigenvalue weighted by molar-refractivity contribution is -0.131. The molecular formula is C13H24N2O4. The number of carbonyl (C=O) groups is 2. The highest BCUT2D eigenvalue weighted by atomic mass is 16.3. The predicted octanol–water partition coefficient (Wildman–Crippen LogP) is -0.507. The van der Waals surface area contributed by atoms with Crippen LogP contribution in [0.15, 0.2) is 0 Å². The molecule has 0 spiro atoms. The third-order valence-corrected chi connectivity index (χ3v) is 3.15. The molecule has 0 saturated carbocycles. The molecule has 110 valence electrons. The number of nitrogens with zero attached hydrogens (tertiary/aromatic N) is 1. The van der Waals surface area contributed by atoms with Crippen molar-refractivity contribution in [2.24, 2.45) is 5.41 Å². The molecule has 1 fully saturated rings. The number of hydrogen-bond acceptors (Lipinski definition) is 4. The van der Waals surface area contributed by atoms with E-state index in [0.717, 1.165) is 0 Å². The molecule has 19 heavy (non-hydrogen) atoms. The molecule has 0 aromatic carbocycles. The van der Waals surface area contributed by atoms with Crippen molar-refractivity contribution in [3.8, 4) is 0 Å². The van der Waals surface area contributed by atoms with E-state index in [2.05, 4.69) is 5.32 Å². The summed E-state index contributed by atoms with van der Waals surface area (Å²) < 4.78 is 0. The van der Waals surface area contributed by atoms with E-state index in [1.165, 1.54) is 4.90 Å². The van der Waals surface area contributed by atoms with Crippen LogP contribution in [0.2, 0.25) is 0 Å². The third kappa shape index (κ3) is 4.80. The van der Waals surface area contributed by atoms with Gasteiger partial charge in [-0.25, -0.2) is 0 Å². The van der Waals surface area contributed by atoms with Gasteiger partial charge in [0.25, 0.3) is 0 Å². The van der Waals surface area contributed by atoms with Crippen molar-refractivity contribution in [1.29, 1.82) is 0 Å². The lowest BCUT2D eigenvalue weighted by atomic mass is 9.96. The summed E-state index contributed by atoms with van der Waals surface area (Å²) in [5, 5.41) is 21.5. The van der Waals surface area contributed by atoms with Crippen LogP contribution in [0.5, 0.6) is 0 Å². The summed E-state index contributed by atoms with van der Waals surface area (Å²) in [4.78, 5) is 24.8. The molecule has 0 aliphatic carbocycles. The molecule has 0 aromatic heterocycles. The number of likely N-dealkylation sites (tertiary alicyclic amines) is 1. The van der Waals surface area contributed by atoms with Gasteiger partial charge >= 0.3 is 0 Å². The molecule has 2 unspecified atom stereocenters. The Morgan fingerprint density at radius 1 is 1.21 bits per heavy atom. The lowest BCUT2D eigenvalue weighted by Crippen LogP contribution is -2.36. The van der Waals surface area contributed by atoms with Crippen molar-refractivity contribution in [3.05, 3.63) is 0 Å². The van der Waals surface area contributed by atoms with E-state index in [9.17, 15) is 19.8 Å². The Hall–Kier alpha value is -1.14. The van der Waals surface area contributed by atoms with E-state index in [1.807, 2.05) is 20.8 Å². The van der Waals surface area contributed by atoms with Crippen molar-refractivity contribution in [1.82, 2.24) is 10.2 Å². The molecule has 2 atom stereocenters. The second kappa shape index (κ2) is 6.34. The van der Waals surface area contributed by atoms with E-state index >= 15 is 0 Å². The summed E-state index contributed by atoms with van der Waals surface area (Å²) in [6.07, 6.45) is -0.818. The molecule has 1 rings (SSSR count). The van der Waals surface area contributed by atoms with Crippen LogP contribution in [0.25, 0.3) is 0 Å². The normalized spacial score (nSPS) is 23.5. The van der Waals surface area contributed by atoms with Crippen LogP contribution in [0, 0.1) is 5.41 Å². The number of rotatable bonds is 4. The standard InChI is InChI=1S/C13H24N2O4/c1-13(2,3)12(19)14-6-4-5-11(18)15-7-9(16)10(17)8-15/h9-10,16-17H,4-8H2,1-3H3,(H,14,19). The molecule has 0 bridgehead atoms. The number of aliphatic hydroxyl groups is 2. The first-order valence-electron chi connectivity index (χ1n) is 6.64. The minimum absolute atomic E-state index is 0.0352.